The maximum Gasteiger partial charge on any atom is 0.118 e. The minimum Gasteiger partial charge on any atom is -0.378 e. The van der Waals surface area contributed by atoms with E-state index in [4.69, 9.17) is 4.74 Å². The molecular weight excluding hydrogens is 386 g/mol. The number of hydrogen-bond acceptors (Lipinski definition) is 5. The topological polar surface area (TPSA) is 54.8 Å². The molecule has 3 aromatic rings. The first-order valence-corrected chi connectivity index (χ1v) is 10.8. The number of nitrogens with zero attached hydrogens (tertiary/aromatic N) is 3. The van der Waals surface area contributed by atoms with Gasteiger partial charge in [-0.2, -0.15) is 4.91 Å². The Morgan fingerprint density at radius 3 is 2.45 bits per heavy atom. The molecular formula is C26H29N3O2. The Balaban J connectivity index is 1.63. The van der Waals surface area contributed by atoms with E-state index in [2.05, 4.69) is 70.5 Å². The second-order valence-electron chi connectivity index (χ2n) is 8.35. The van der Waals surface area contributed by atoms with Crippen LogP contribution in [0.2, 0.25) is 0 Å². The Bertz CT molecular complexity index is 1030. The van der Waals surface area contributed by atoms with E-state index in [9.17, 15) is 4.91 Å². The van der Waals surface area contributed by atoms with Crippen LogP contribution in [0.4, 0.5) is 5.69 Å². The highest BCUT2D eigenvalue weighted by atomic mass is 16.5. The summed E-state index contributed by atoms with van der Waals surface area (Å²) in [6.07, 6.45) is 2.69. The van der Waals surface area contributed by atoms with E-state index in [0.717, 1.165) is 24.3 Å². The Morgan fingerprint density at radius 2 is 1.81 bits per heavy atom. The van der Waals surface area contributed by atoms with Crippen LogP contribution in [-0.4, -0.2) is 31.3 Å². The van der Waals surface area contributed by atoms with Crippen LogP contribution >= 0.6 is 0 Å². The first-order valence-electron chi connectivity index (χ1n) is 10.8. The van der Waals surface area contributed by atoms with Gasteiger partial charge in [-0.1, -0.05) is 41.6 Å². The number of aryl methyl sites for hydroxylation is 2. The van der Waals surface area contributed by atoms with Crippen LogP contribution in [0.1, 0.15) is 46.3 Å². The van der Waals surface area contributed by atoms with Crippen LogP contribution in [0.5, 0.6) is 0 Å². The molecule has 0 N–H and O–H groups in total. The van der Waals surface area contributed by atoms with E-state index in [1.54, 1.807) is 13.3 Å². The standard InChI is InChI=1S/C26H29N3O2/c1-18-6-4-5-7-24(18)25(15-26(28-30)21-12-13-27-19(2)14-21)20-8-10-22(11-9-20)29-16-23(17-29)31-3/h4-14,23,25-26H,15-17H2,1-3H3/t25-,26?/m1/s1. The number of pyridine rings is 1. The van der Waals surface area contributed by atoms with Crippen molar-refractivity contribution in [1.82, 2.24) is 4.98 Å². The fourth-order valence-corrected chi connectivity index (χ4v) is 4.37. The van der Waals surface area contributed by atoms with Gasteiger partial charge in [-0.3, -0.25) is 4.98 Å². The summed E-state index contributed by atoms with van der Waals surface area (Å²) in [4.78, 5) is 18.4. The second kappa shape index (κ2) is 9.40. The third-order valence-electron chi connectivity index (χ3n) is 6.30. The number of ether oxygens (including phenoxy) is 1. The summed E-state index contributed by atoms with van der Waals surface area (Å²) >= 11 is 0. The number of benzene rings is 2. The molecule has 0 spiro atoms. The highest BCUT2D eigenvalue weighted by Gasteiger charge is 2.27. The van der Waals surface area contributed by atoms with E-state index in [1.807, 2.05) is 19.1 Å². The van der Waals surface area contributed by atoms with Gasteiger partial charge in [0.1, 0.15) is 6.04 Å². The van der Waals surface area contributed by atoms with Gasteiger partial charge in [-0.25, -0.2) is 0 Å². The zero-order valence-corrected chi connectivity index (χ0v) is 18.4. The van der Waals surface area contributed by atoms with E-state index in [-0.39, 0.29) is 5.92 Å². The van der Waals surface area contributed by atoms with Crippen molar-refractivity contribution in [2.75, 3.05) is 25.1 Å². The summed E-state index contributed by atoms with van der Waals surface area (Å²) in [6.45, 7) is 5.92. The number of methoxy groups -OCH3 is 1. The molecule has 31 heavy (non-hydrogen) atoms. The van der Waals surface area contributed by atoms with Crippen molar-refractivity contribution >= 4 is 5.69 Å². The van der Waals surface area contributed by atoms with Crippen LogP contribution in [0, 0.1) is 18.8 Å². The molecule has 1 unspecified atom stereocenters. The summed E-state index contributed by atoms with van der Waals surface area (Å²) in [7, 11) is 1.76. The zero-order chi connectivity index (χ0) is 21.8. The normalized spacial score (nSPS) is 15.9. The van der Waals surface area contributed by atoms with Crippen LogP contribution in [0.15, 0.2) is 72.0 Å². The fraction of sp³-hybridized carbons (Fsp3) is 0.346. The highest BCUT2D eigenvalue weighted by molar-refractivity contribution is 5.52. The van der Waals surface area contributed by atoms with Gasteiger partial charge in [-0.05, 0) is 66.8 Å². The second-order valence-corrected chi connectivity index (χ2v) is 8.35. The van der Waals surface area contributed by atoms with E-state index < -0.39 is 6.04 Å². The Labute approximate surface area is 184 Å². The predicted molar refractivity (Wildman–Crippen MR) is 125 cm³/mol. The van der Waals surface area contributed by atoms with Crippen LogP contribution in [0.3, 0.4) is 0 Å². The molecule has 5 heteroatoms. The molecule has 1 saturated heterocycles. The quantitative estimate of drug-likeness (QED) is 0.452. The SMILES string of the molecule is COC1CN(c2ccc([C@@H](CC(N=O)c3ccnc(C)c3)c3ccccc3C)cc2)C1. The summed E-state index contributed by atoms with van der Waals surface area (Å²) in [5.74, 6) is 0.0783. The Kier molecular flexibility index (Phi) is 6.42. The van der Waals surface area contributed by atoms with Crippen molar-refractivity contribution < 1.29 is 4.74 Å². The van der Waals surface area contributed by atoms with Crippen LogP contribution in [0.25, 0.3) is 0 Å². The van der Waals surface area contributed by atoms with Crippen molar-refractivity contribution in [2.45, 2.75) is 38.3 Å². The third kappa shape index (κ3) is 4.67. The molecule has 4 rings (SSSR count). The van der Waals surface area contributed by atoms with Crippen LogP contribution < -0.4 is 4.90 Å². The van der Waals surface area contributed by atoms with Crippen molar-refractivity contribution in [1.29, 1.82) is 0 Å². The van der Waals surface area contributed by atoms with Crippen molar-refractivity contribution in [3.8, 4) is 0 Å². The number of rotatable bonds is 8. The minimum absolute atomic E-state index is 0.0783. The lowest BCUT2D eigenvalue weighted by Crippen LogP contribution is -2.51. The molecule has 0 bridgehead atoms. The van der Waals surface area contributed by atoms with Crippen molar-refractivity contribution in [3.05, 3.63) is 99.7 Å². The fourth-order valence-electron chi connectivity index (χ4n) is 4.37. The smallest absolute Gasteiger partial charge is 0.118 e. The average Bonchev–Trinajstić information content (AvgIpc) is 2.75. The molecule has 0 amide bonds. The third-order valence-corrected chi connectivity index (χ3v) is 6.30. The molecule has 1 aliphatic rings. The molecule has 0 saturated carbocycles. The van der Waals surface area contributed by atoms with E-state index in [1.165, 1.54) is 22.4 Å². The predicted octanol–water partition coefficient (Wildman–Crippen LogP) is 5.56. The van der Waals surface area contributed by atoms with Gasteiger partial charge in [0.05, 0.1) is 6.10 Å². The number of nitroso groups, excluding NO2 is 1. The lowest BCUT2D eigenvalue weighted by Gasteiger charge is -2.40. The zero-order valence-electron chi connectivity index (χ0n) is 18.4. The number of aromatic nitrogens is 1. The molecule has 0 aliphatic carbocycles. The van der Waals surface area contributed by atoms with E-state index >= 15 is 0 Å². The maximum absolute atomic E-state index is 11.9. The molecule has 2 aromatic carbocycles. The van der Waals surface area contributed by atoms with Gasteiger partial charge in [0.2, 0.25) is 0 Å². The summed E-state index contributed by atoms with van der Waals surface area (Å²) in [6, 6.07) is 20.5. The molecule has 2 atom stereocenters. The summed E-state index contributed by atoms with van der Waals surface area (Å²) < 4.78 is 5.39. The Morgan fingerprint density at radius 1 is 1.06 bits per heavy atom. The lowest BCUT2D eigenvalue weighted by molar-refractivity contribution is 0.0788. The minimum atomic E-state index is -0.427. The van der Waals surface area contributed by atoms with Gasteiger partial charge in [-0.15, -0.1) is 0 Å². The van der Waals surface area contributed by atoms with Crippen LogP contribution in [-0.2, 0) is 4.74 Å². The molecule has 1 fully saturated rings. The average molecular weight is 416 g/mol. The van der Waals surface area contributed by atoms with Gasteiger partial charge in [0.25, 0.3) is 0 Å². The van der Waals surface area contributed by atoms with E-state index in [0.29, 0.717) is 12.5 Å². The lowest BCUT2D eigenvalue weighted by atomic mass is 9.82. The van der Waals surface area contributed by atoms with Gasteiger partial charge in [0.15, 0.2) is 0 Å². The molecule has 2 heterocycles. The summed E-state index contributed by atoms with van der Waals surface area (Å²) in [5.41, 5.74) is 6.67. The van der Waals surface area contributed by atoms with Crippen molar-refractivity contribution in [2.24, 2.45) is 5.18 Å². The molecule has 0 radical (unpaired) electrons. The van der Waals surface area contributed by atoms with Gasteiger partial charge >= 0.3 is 0 Å². The Hall–Kier alpha value is -3.05. The maximum atomic E-state index is 11.9. The number of anilines is 1. The first kappa shape index (κ1) is 21.2. The van der Waals surface area contributed by atoms with Gasteiger partial charge < -0.3 is 9.64 Å². The molecule has 160 valence electrons. The molecule has 1 aromatic heterocycles. The van der Waals surface area contributed by atoms with Gasteiger partial charge in [0, 0.05) is 43.7 Å². The number of hydrogen-bond donors (Lipinski definition) is 0. The highest BCUT2D eigenvalue weighted by Crippen LogP contribution is 2.38. The first-order chi connectivity index (χ1) is 15.1. The van der Waals surface area contributed by atoms with Crippen molar-refractivity contribution in [3.63, 3.8) is 0 Å². The molecule has 5 nitrogen and oxygen atoms in total. The monoisotopic (exact) mass is 415 g/mol. The largest absolute Gasteiger partial charge is 0.378 e. The molecule has 1 aliphatic heterocycles. The summed E-state index contributed by atoms with van der Waals surface area (Å²) in [5, 5.41) is 3.51.